The molecule has 1 aromatic heterocycles. The van der Waals surface area contributed by atoms with E-state index in [0.29, 0.717) is 12.1 Å². The molecule has 1 aromatic carbocycles. The second-order valence-electron chi connectivity index (χ2n) is 5.97. The van der Waals surface area contributed by atoms with Gasteiger partial charge in [0.15, 0.2) is 0 Å². The maximum Gasteiger partial charge on any atom is 0.123 e. The summed E-state index contributed by atoms with van der Waals surface area (Å²) in [5, 5.41) is 10.1. The first-order chi connectivity index (χ1) is 9.78. The lowest BCUT2D eigenvalue weighted by Crippen LogP contribution is -2.38. The predicted molar refractivity (Wildman–Crippen MR) is 76.1 cm³/mol. The van der Waals surface area contributed by atoms with Gasteiger partial charge in [0.2, 0.25) is 0 Å². The molecule has 20 heavy (non-hydrogen) atoms. The molecule has 0 radical (unpaired) electrons. The van der Waals surface area contributed by atoms with Crippen LogP contribution in [0.15, 0.2) is 18.2 Å². The lowest BCUT2D eigenvalue weighted by atomic mass is 9.96. The Labute approximate surface area is 117 Å². The molecule has 2 aromatic rings. The number of aromatic amines is 1. The van der Waals surface area contributed by atoms with Crippen molar-refractivity contribution in [2.75, 3.05) is 13.2 Å². The molecule has 0 saturated carbocycles. The molecule has 106 valence electrons. The average molecular weight is 274 g/mol. The van der Waals surface area contributed by atoms with Gasteiger partial charge in [0.05, 0.1) is 0 Å². The first-order valence-electron chi connectivity index (χ1n) is 7.44. The van der Waals surface area contributed by atoms with Crippen molar-refractivity contribution in [1.29, 1.82) is 0 Å². The number of nitrogens with one attached hydrogen (secondary N) is 1. The monoisotopic (exact) mass is 274 g/mol. The van der Waals surface area contributed by atoms with Crippen molar-refractivity contribution < 1.29 is 9.50 Å². The fraction of sp³-hybridized carbons (Fsp3) is 0.500. The van der Waals surface area contributed by atoms with E-state index in [9.17, 15) is 4.39 Å². The molecule has 2 aliphatic heterocycles. The van der Waals surface area contributed by atoms with Gasteiger partial charge in [0, 0.05) is 48.3 Å². The van der Waals surface area contributed by atoms with Crippen LogP contribution in [0.2, 0.25) is 0 Å². The van der Waals surface area contributed by atoms with Crippen molar-refractivity contribution in [3.63, 3.8) is 0 Å². The highest BCUT2D eigenvalue weighted by atomic mass is 19.1. The highest BCUT2D eigenvalue weighted by molar-refractivity contribution is 5.85. The van der Waals surface area contributed by atoms with E-state index in [1.807, 2.05) is 6.07 Å². The number of H-pyrrole nitrogens is 1. The Balaban J connectivity index is 1.80. The minimum atomic E-state index is -0.165. The van der Waals surface area contributed by atoms with Gasteiger partial charge in [0.1, 0.15) is 5.82 Å². The zero-order chi connectivity index (χ0) is 13.7. The number of benzene rings is 1. The van der Waals surface area contributed by atoms with Crippen LogP contribution in [0.5, 0.6) is 0 Å². The van der Waals surface area contributed by atoms with Crippen molar-refractivity contribution in [1.82, 2.24) is 9.88 Å². The third-order valence-electron chi connectivity index (χ3n) is 4.87. The summed E-state index contributed by atoms with van der Waals surface area (Å²) in [5.74, 6) is -0.165. The first kappa shape index (κ1) is 12.4. The summed E-state index contributed by atoms with van der Waals surface area (Å²) in [4.78, 5) is 5.99. The van der Waals surface area contributed by atoms with Gasteiger partial charge >= 0.3 is 0 Å². The predicted octanol–water partition coefficient (Wildman–Crippen LogP) is 2.75. The zero-order valence-corrected chi connectivity index (χ0v) is 11.4. The Hall–Kier alpha value is -1.39. The van der Waals surface area contributed by atoms with E-state index in [0.717, 1.165) is 36.7 Å². The van der Waals surface area contributed by atoms with E-state index in [-0.39, 0.29) is 12.4 Å². The number of nitrogens with zero attached hydrogens (tertiary/aromatic N) is 1. The Kier molecular flexibility index (Phi) is 2.82. The van der Waals surface area contributed by atoms with Crippen molar-refractivity contribution >= 4 is 10.9 Å². The van der Waals surface area contributed by atoms with Crippen LogP contribution < -0.4 is 0 Å². The molecule has 4 heteroatoms. The Morgan fingerprint density at radius 1 is 1.35 bits per heavy atom. The Morgan fingerprint density at radius 3 is 3.10 bits per heavy atom. The molecule has 2 unspecified atom stereocenters. The molecule has 2 bridgehead atoms. The van der Waals surface area contributed by atoms with E-state index >= 15 is 0 Å². The highest BCUT2D eigenvalue weighted by Gasteiger charge is 2.41. The summed E-state index contributed by atoms with van der Waals surface area (Å²) in [7, 11) is 0. The maximum atomic E-state index is 13.6. The van der Waals surface area contributed by atoms with Gasteiger partial charge in [-0.1, -0.05) is 0 Å². The molecule has 1 saturated heterocycles. The summed E-state index contributed by atoms with van der Waals surface area (Å²) in [6, 6.07) is 6.00. The van der Waals surface area contributed by atoms with E-state index in [2.05, 4.69) is 9.88 Å². The molecule has 3 heterocycles. The average Bonchev–Trinajstić information content (AvgIpc) is 2.93. The number of aliphatic hydroxyl groups is 1. The van der Waals surface area contributed by atoms with Crippen molar-refractivity contribution in [2.24, 2.45) is 0 Å². The largest absolute Gasteiger partial charge is 0.396 e. The maximum absolute atomic E-state index is 13.6. The van der Waals surface area contributed by atoms with E-state index in [4.69, 9.17) is 5.11 Å². The van der Waals surface area contributed by atoms with Gasteiger partial charge in [-0.3, -0.25) is 4.90 Å². The van der Waals surface area contributed by atoms with E-state index < -0.39 is 0 Å². The number of fused-ring (bicyclic) bond motifs is 6. The van der Waals surface area contributed by atoms with Crippen LogP contribution in [0.4, 0.5) is 4.39 Å². The number of hydrogen-bond donors (Lipinski definition) is 2. The lowest BCUT2D eigenvalue weighted by Gasteiger charge is -2.34. The fourth-order valence-electron chi connectivity index (χ4n) is 4.08. The quantitative estimate of drug-likeness (QED) is 0.903. The summed E-state index contributed by atoms with van der Waals surface area (Å²) in [6.07, 6.45) is 4.19. The Morgan fingerprint density at radius 2 is 2.25 bits per heavy atom. The number of aliphatic hydroxyl groups excluding tert-OH is 1. The molecule has 1 fully saturated rings. The molecule has 0 aliphatic carbocycles. The molecule has 2 aliphatic rings. The van der Waals surface area contributed by atoms with Crippen LogP contribution in [0.3, 0.4) is 0 Å². The second kappa shape index (κ2) is 4.57. The molecule has 2 atom stereocenters. The number of hydrogen-bond acceptors (Lipinski definition) is 2. The topological polar surface area (TPSA) is 39.3 Å². The van der Waals surface area contributed by atoms with Crippen LogP contribution in [0.25, 0.3) is 10.9 Å². The third kappa shape index (κ3) is 1.71. The van der Waals surface area contributed by atoms with Crippen LogP contribution >= 0.6 is 0 Å². The van der Waals surface area contributed by atoms with Crippen LogP contribution in [-0.4, -0.2) is 34.2 Å². The molecule has 4 rings (SSSR count). The number of halogens is 1. The van der Waals surface area contributed by atoms with Gasteiger partial charge < -0.3 is 10.1 Å². The smallest absolute Gasteiger partial charge is 0.123 e. The zero-order valence-electron chi connectivity index (χ0n) is 11.4. The van der Waals surface area contributed by atoms with Crippen molar-refractivity contribution in [3.8, 4) is 0 Å². The summed E-state index contributed by atoms with van der Waals surface area (Å²) in [6.45, 7) is 1.18. The molecular weight excluding hydrogens is 255 g/mol. The van der Waals surface area contributed by atoms with Gasteiger partial charge in [-0.05, 0) is 43.0 Å². The number of aromatic nitrogens is 1. The van der Waals surface area contributed by atoms with Crippen LogP contribution in [-0.2, 0) is 6.42 Å². The molecule has 2 N–H and O–H groups in total. The van der Waals surface area contributed by atoms with Gasteiger partial charge in [0.25, 0.3) is 0 Å². The normalized spacial score (nSPS) is 25.3. The van der Waals surface area contributed by atoms with Gasteiger partial charge in [-0.25, -0.2) is 4.39 Å². The molecule has 0 amide bonds. The molecular formula is C16H19FN2O. The second-order valence-corrected chi connectivity index (χ2v) is 5.97. The molecule has 0 spiro atoms. The van der Waals surface area contributed by atoms with Crippen LogP contribution in [0.1, 0.15) is 36.6 Å². The highest BCUT2D eigenvalue weighted by Crippen LogP contribution is 2.46. The SMILES string of the molecule is OCCCN1C2CCC1c1c([nH]c3ccc(F)cc13)C2. The molecule has 3 nitrogen and oxygen atoms in total. The van der Waals surface area contributed by atoms with Crippen molar-refractivity contribution in [3.05, 3.63) is 35.3 Å². The minimum Gasteiger partial charge on any atom is -0.396 e. The van der Waals surface area contributed by atoms with Gasteiger partial charge in [-0.15, -0.1) is 0 Å². The van der Waals surface area contributed by atoms with E-state index in [1.54, 1.807) is 6.07 Å². The van der Waals surface area contributed by atoms with Gasteiger partial charge in [-0.2, -0.15) is 0 Å². The third-order valence-corrected chi connectivity index (χ3v) is 4.87. The Bertz CT molecular complexity index is 651. The summed E-state index contributed by atoms with van der Waals surface area (Å²) < 4.78 is 13.6. The minimum absolute atomic E-state index is 0.165. The summed E-state index contributed by atoms with van der Waals surface area (Å²) in [5.41, 5.74) is 3.63. The number of rotatable bonds is 3. The standard InChI is InChI=1S/C16H19FN2O/c17-10-2-4-13-12(8-10)16-14(18-13)9-11-3-5-15(16)19(11)6-1-7-20/h2,4,8,11,15,18,20H,1,3,5-7,9H2. The van der Waals surface area contributed by atoms with Crippen LogP contribution in [0, 0.1) is 5.82 Å². The fourth-order valence-corrected chi connectivity index (χ4v) is 4.08. The first-order valence-corrected chi connectivity index (χ1v) is 7.44. The lowest BCUT2D eigenvalue weighted by molar-refractivity contribution is 0.158. The summed E-state index contributed by atoms with van der Waals surface area (Å²) >= 11 is 0. The van der Waals surface area contributed by atoms with E-state index in [1.165, 1.54) is 23.7 Å². The van der Waals surface area contributed by atoms with Crippen molar-refractivity contribution in [2.45, 2.75) is 37.8 Å².